The maximum absolute atomic E-state index is 11.8. The first-order chi connectivity index (χ1) is 8.90. The lowest BCUT2D eigenvalue weighted by Gasteiger charge is -2.11. The summed E-state index contributed by atoms with van der Waals surface area (Å²) in [6.07, 6.45) is -0.320. The molecule has 0 atom stereocenters. The third kappa shape index (κ3) is 3.34. The molecular weight excluding hydrogens is 254 g/mol. The maximum atomic E-state index is 11.8. The molecule has 1 rings (SSSR count). The average molecular weight is 269 g/mol. The van der Waals surface area contributed by atoms with Crippen LogP contribution in [-0.2, 0) is 4.74 Å². The molecule has 0 aliphatic rings. The van der Waals surface area contributed by atoms with Gasteiger partial charge in [-0.1, -0.05) is 0 Å². The summed E-state index contributed by atoms with van der Waals surface area (Å²) in [6, 6.07) is 2.45. The van der Waals surface area contributed by atoms with E-state index in [1.165, 1.54) is 20.3 Å². The lowest BCUT2D eigenvalue weighted by Crippen LogP contribution is -2.12. The quantitative estimate of drug-likeness (QED) is 0.462. The molecule has 0 spiro atoms. The van der Waals surface area contributed by atoms with Gasteiger partial charge in [-0.05, 0) is 19.9 Å². The third-order valence-electron chi connectivity index (χ3n) is 2.23. The summed E-state index contributed by atoms with van der Waals surface area (Å²) in [5.41, 5.74) is -0.310. The molecule has 1 aromatic carbocycles. The van der Waals surface area contributed by atoms with Crippen molar-refractivity contribution in [2.45, 2.75) is 20.0 Å². The molecule has 1 aromatic rings. The minimum Gasteiger partial charge on any atom is -0.493 e. The highest BCUT2D eigenvalue weighted by molar-refractivity contribution is 5.91. The molecule has 0 saturated heterocycles. The van der Waals surface area contributed by atoms with Crippen molar-refractivity contribution in [1.82, 2.24) is 0 Å². The number of nitrogens with zero attached hydrogens (tertiary/aromatic N) is 1. The summed E-state index contributed by atoms with van der Waals surface area (Å²) in [5, 5.41) is 11.0. The van der Waals surface area contributed by atoms with E-state index in [0.29, 0.717) is 0 Å². The van der Waals surface area contributed by atoms with Crippen LogP contribution in [0.5, 0.6) is 11.5 Å². The smallest absolute Gasteiger partial charge is 0.338 e. The van der Waals surface area contributed by atoms with Crippen LogP contribution in [0.15, 0.2) is 12.1 Å². The van der Waals surface area contributed by atoms with Crippen LogP contribution >= 0.6 is 0 Å². The van der Waals surface area contributed by atoms with E-state index in [-0.39, 0.29) is 28.9 Å². The zero-order valence-corrected chi connectivity index (χ0v) is 11.1. The fourth-order valence-electron chi connectivity index (χ4n) is 1.48. The Morgan fingerprint density at radius 1 is 1.26 bits per heavy atom. The molecule has 7 nitrogen and oxygen atoms in total. The number of carbonyl (C=O) groups excluding carboxylic acids is 1. The second-order valence-corrected chi connectivity index (χ2v) is 3.94. The molecule has 0 fully saturated rings. The first-order valence-corrected chi connectivity index (χ1v) is 5.52. The Kier molecular flexibility index (Phi) is 4.68. The highest BCUT2D eigenvalue weighted by Gasteiger charge is 2.24. The number of rotatable bonds is 5. The SMILES string of the molecule is COc1cc(C(=O)OC(C)C)cc([N+](=O)[O-])c1OC. The molecule has 0 bridgehead atoms. The molecule has 0 heterocycles. The van der Waals surface area contributed by atoms with Gasteiger partial charge >= 0.3 is 11.7 Å². The average Bonchev–Trinajstić information content (AvgIpc) is 2.35. The number of esters is 1. The van der Waals surface area contributed by atoms with Gasteiger partial charge in [-0.3, -0.25) is 10.1 Å². The van der Waals surface area contributed by atoms with Crippen LogP contribution in [0.4, 0.5) is 5.69 Å². The van der Waals surface area contributed by atoms with Crippen LogP contribution in [-0.4, -0.2) is 31.2 Å². The van der Waals surface area contributed by atoms with E-state index in [4.69, 9.17) is 14.2 Å². The summed E-state index contributed by atoms with van der Waals surface area (Å²) in [7, 11) is 2.62. The van der Waals surface area contributed by atoms with E-state index in [0.717, 1.165) is 6.07 Å². The molecule has 0 radical (unpaired) electrons. The standard InChI is InChI=1S/C12H15NO6/c1-7(2)19-12(14)8-5-9(13(15)16)11(18-4)10(6-8)17-3/h5-7H,1-4H3. The number of nitro benzene ring substituents is 1. The Hall–Kier alpha value is -2.31. The van der Waals surface area contributed by atoms with Gasteiger partial charge in [-0.15, -0.1) is 0 Å². The van der Waals surface area contributed by atoms with E-state index in [9.17, 15) is 14.9 Å². The Balaban J connectivity index is 3.32. The van der Waals surface area contributed by atoms with Crippen molar-refractivity contribution in [1.29, 1.82) is 0 Å². The van der Waals surface area contributed by atoms with Gasteiger partial charge in [0.25, 0.3) is 0 Å². The number of hydrogen-bond donors (Lipinski definition) is 0. The molecule has 0 N–H and O–H groups in total. The Morgan fingerprint density at radius 2 is 1.89 bits per heavy atom. The maximum Gasteiger partial charge on any atom is 0.338 e. The normalized spacial score (nSPS) is 10.2. The molecule has 0 aliphatic carbocycles. The van der Waals surface area contributed by atoms with Crippen molar-refractivity contribution in [2.75, 3.05) is 14.2 Å². The van der Waals surface area contributed by atoms with E-state index in [1.807, 2.05) is 0 Å². The molecule has 0 saturated carbocycles. The second kappa shape index (κ2) is 6.03. The number of ether oxygens (including phenoxy) is 3. The fraction of sp³-hybridized carbons (Fsp3) is 0.417. The van der Waals surface area contributed by atoms with Gasteiger partial charge in [-0.25, -0.2) is 4.79 Å². The molecule has 0 amide bonds. The van der Waals surface area contributed by atoms with Gasteiger partial charge < -0.3 is 14.2 Å². The number of carbonyl (C=O) groups is 1. The molecule has 7 heteroatoms. The Labute approximate surface area is 110 Å². The first-order valence-electron chi connectivity index (χ1n) is 5.52. The van der Waals surface area contributed by atoms with Crippen molar-refractivity contribution < 1.29 is 23.9 Å². The minimum absolute atomic E-state index is 0.0337. The van der Waals surface area contributed by atoms with Gasteiger partial charge in [-0.2, -0.15) is 0 Å². The molecule has 0 aliphatic heterocycles. The number of hydrogen-bond acceptors (Lipinski definition) is 6. The van der Waals surface area contributed by atoms with Gasteiger partial charge in [0.1, 0.15) is 0 Å². The van der Waals surface area contributed by atoms with Gasteiger partial charge in [0.05, 0.1) is 30.8 Å². The van der Waals surface area contributed by atoms with Crippen LogP contribution in [0, 0.1) is 10.1 Å². The summed E-state index contributed by atoms with van der Waals surface area (Å²) in [6.45, 7) is 3.38. The van der Waals surface area contributed by atoms with E-state index in [1.54, 1.807) is 13.8 Å². The summed E-state index contributed by atoms with van der Waals surface area (Å²) < 4.78 is 14.9. The molecule has 0 unspecified atom stereocenters. The van der Waals surface area contributed by atoms with Gasteiger partial charge in [0, 0.05) is 6.07 Å². The topological polar surface area (TPSA) is 87.9 Å². The largest absolute Gasteiger partial charge is 0.493 e. The number of methoxy groups -OCH3 is 2. The van der Waals surface area contributed by atoms with Crippen LogP contribution in [0.3, 0.4) is 0 Å². The van der Waals surface area contributed by atoms with Crippen LogP contribution in [0.1, 0.15) is 24.2 Å². The fourth-order valence-corrected chi connectivity index (χ4v) is 1.48. The van der Waals surface area contributed by atoms with Crippen molar-refractivity contribution in [3.63, 3.8) is 0 Å². The number of benzene rings is 1. The minimum atomic E-state index is -0.654. The van der Waals surface area contributed by atoms with Crippen molar-refractivity contribution in [3.8, 4) is 11.5 Å². The molecule has 104 valence electrons. The summed E-state index contributed by atoms with van der Waals surface area (Å²) >= 11 is 0. The van der Waals surface area contributed by atoms with Crippen LogP contribution in [0.2, 0.25) is 0 Å². The van der Waals surface area contributed by atoms with Gasteiger partial charge in [0.15, 0.2) is 5.75 Å². The van der Waals surface area contributed by atoms with Crippen molar-refractivity contribution >= 4 is 11.7 Å². The number of nitro groups is 1. The molecule has 0 aromatic heterocycles. The van der Waals surface area contributed by atoms with Crippen molar-refractivity contribution in [3.05, 3.63) is 27.8 Å². The van der Waals surface area contributed by atoms with Crippen LogP contribution < -0.4 is 9.47 Å². The monoisotopic (exact) mass is 269 g/mol. The summed E-state index contributed by atoms with van der Waals surface area (Å²) in [4.78, 5) is 22.1. The lowest BCUT2D eigenvalue weighted by atomic mass is 10.1. The van der Waals surface area contributed by atoms with E-state index in [2.05, 4.69) is 0 Å². The van der Waals surface area contributed by atoms with E-state index < -0.39 is 10.9 Å². The highest BCUT2D eigenvalue weighted by atomic mass is 16.6. The molecule has 19 heavy (non-hydrogen) atoms. The second-order valence-electron chi connectivity index (χ2n) is 3.94. The molecular formula is C12H15NO6. The van der Waals surface area contributed by atoms with Crippen LogP contribution in [0.25, 0.3) is 0 Å². The lowest BCUT2D eigenvalue weighted by molar-refractivity contribution is -0.385. The summed E-state index contributed by atoms with van der Waals surface area (Å²) in [5.74, 6) is -0.583. The third-order valence-corrected chi connectivity index (χ3v) is 2.23. The Bertz CT molecular complexity index is 497. The van der Waals surface area contributed by atoms with Crippen molar-refractivity contribution in [2.24, 2.45) is 0 Å². The first kappa shape index (κ1) is 14.7. The highest BCUT2D eigenvalue weighted by Crippen LogP contribution is 2.38. The zero-order valence-electron chi connectivity index (χ0n) is 11.1. The Morgan fingerprint density at radius 3 is 2.32 bits per heavy atom. The van der Waals surface area contributed by atoms with E-state index >= 15 is 0 Å². The zero-order chi connectivity index (χ0) is 14.6. The predicted molar refractivity (Wildman–Crippen MR) is 66.8 cm³/mol. The van der Waals surface area contributed by atoms with Gasteiger partial charge in [0.2, 0.25) is 5.75 Å². The predicted octanol–water partition coefficient (Wildman–Crippen LogP) is 2.18.